The van der Waals surface area contributed by atoms with Gasteiger partial charge < -0.3 is 20.4 Å². The number of carbonyl (C=O) groups excluding carboxylic acids is 1. The van der Waals surface area contributed by atoms with E-state index in [1.165, 1.54) is 0 Å². The van der Waals surface area contributed by atoms with Gasteiger partial charge >= 0.3 is 0 Å². The molecule has 6 nitrogen and oxygen atoms in total. The Balaban J connectivity index is 0.00000264. The third-order valence-corrected chi connectivity index (χ3v) is 3.54. The number of nitrogens with one attached hydrogen (secondary N) is 2. The maximum absolute atomic E-state index is 12.1. The first-order chi connectivity index (χ1) is 10.6. The molecule has 0 saturated heterocycles. The molecule has 1 heterocycles. The number of halogens is 1. The number of rotatable bonds is 6. The zero-order valence-corrected chi connectivity index (χ0v) is 16.3. The Labute approximate surface area is 155 Å². The van der Waals surface area contributed by atoms with Crippen molar-refractivity contribution in [2.24, 2.45) is 4.99 Å². The van der Waals surface area contributed by atoms with E-state index in [9.17, 15) is 4.79 Å². The van der Waals surface area contributed by atoms with Crippen LogP contribution < -0.4 is 10.6 Å². The quantitative estimate of drug-likeness (QED) is 0.660. The van der Waals surface area contributed by atoms with Crippen molar-refractivity contribution in [1.29, 1.82) is 0 Å². The third-order valence-electron chi connectivity index (χ3n) is 3.54. The number of guanidine groups is 1. The maximum Gasteiger partial charge on any atom is 0.251 e. The molecule has 0 radical (unpaired) electrons. The topological polar surface area (TPSA) is 60.0 Å². The van der Waals surface area contributed by atoms with Crippen LogP contribution in [-0.4, -0.2) is 69.0 Å². The molecule has 0 aliphatic carbocycles. The first-order valence-electron chi connectivity index (χ1n) is 7.57. The van der Waals surface area contributed by atoms with Gasteiger partial charge in [-0.15, -0.1) is 24.0 Å². The number of amides is 1. The molecule has 0 bridgehead atoms. The lowest BCUT2D eigenvalue weighted by Crippen LogP contribution is -2.35. The van der Waals surface area contributed by atoms with Crippen LogP contribution in [-0.2, 0) is 6.54 Å². The van der Waals surface area contributed by atoms with Crippen LogP contribution in [0.15, 0.2) is 29.3 Å². The van der Waals surface area contributed by atoms with Crippen LogP contribution >= 0.6 is 24.0 Å². The molecule has 1 aliphatic rings. The van der Waals surface area contributed by atoms with E-state index in [-0.39, 0.29) is 29.9 Å². The molecule has 0 fully saturated rings. The van der Waals surface area contributed by atoms with Gasteiger partial charge in [0.1, 0.15) is 0 Å². The standard InChI is InChI=1S/C16H25N5O.HI/c1-20(2)9-7-17-15(22)14-6-4-5-13(11-14)12-19-16-18-8-10-21(16)3;/h4-6,11H,7-10,12H2,1-3H3,(H,17,22)(H,18,19);1H. The van der Waals surface area contributed by atoms with Crippen LogP contribution in [0.5, 0.6) is 0 Å². The second-order valence-electron chi connectivity index (χ2n) is 5.74. The van der Waals surface area contributed by atoms with Crippen LogP contribution in [0.25, 0.3) is 0 Å². The van der Waals surface area contributed by atoms with Gasteiger partial charge in [-0.25, -0.2) is 0 Å². The summed E-state index contributed by atoms with van der Waals surface area (Å²) < 4.78 is 0. The minimum absolute atomic E-state index is 0. The summed E-state index contributed by atoms with van der Waals surface area (Å²) >= 11 is 0. The molecule has 0 aromatic heterocycles. The van der Waals surface area contributed by atoms with Crippen molar-refractivity contribution in [3.8, 4) is 0 Å². The minimum Gasteiger partial charge on any atom is -0.352 e. The lowest BCUT2D eigenvalue weighted by atomic mass is 10.1. The van der Waals surface area contributed by atoms with E-state index in [1.807, 2.05) is 50.3 Å². The molecule has 0 unspecified atom stereocenters. The fraction of sp³-hybridized carbons (Fsp3) is 0.500. The van der Waals surface area contributed by atoms with Gasteiger partial charge in [-0.1, -0.05) is 12.1 Å². The molecule has 1 aromatic carbocycles. The van der Waals surface area contributed by atoms with Gasteiger partial charge in [0.25, 0.3) is 5.91 Å². The van der Waals surface area contributed by atoms with Crippen molar-refractivity contribution >= 4 is 35.8 Å². The number of carbonyl (C=O) groups is 1. The average molecular weight is 431 g/mol. The molecule has 1 aromatic rings. The zero-order valence-electron chi connectivity index (χ0n) is 14.0. The van der Waals surface area contributed by atoms with Crippen LogP contribution in [0.1, 0.15) is 15.9 Å². The van der Waals surface area contributed by atoms with Gasteiger partial charge in [0, 0.05) is 38.8 Å². The highest BCUT2D eigenvalue weighted by Gasteiger charge is 2.12. The fourth-order valence-corrected chi connectivity index (χ4v) is 2.22. The number of likely N-dealkylation sites (N-methyl/N-ethyl adjacent to an activating group) is 2. The molecule has 0 spiro atoms. The van der Waals surface area contributed by atoms with Gasteiger partial charge in [-0.05, 0) is 31.8 Å². The summed E-state index contributed by atoms with van der Waals surface area (Å²) in [6.07, 6.45) is 0. The smallest absolute Gasteiger partial charge is 0.251 e. The van der Waals surface area contributed by atoms with Crippen molar-refractivity contribution in [3.05, 3.63) is 35.4 Å². The van der Waals surface area contributed by atoms with Crippen molar-refractivity contribution in [3.63, 3.8) is 0 Å². The second-order valence-corrected chi connectivity index (χ2v) is 5.74. The summed E-state index contributed by atoms with van der Waals surface area (Å²) in [6.45, 7) is 3.95. The predicted octanol–water partition coefficient (Wildman–Crippen LogP) is 0.987. The molecule has 0 saturated carbocycles. The van der Waals surface area contributed by atoms with E-state index in [0.29, 0.717) is 18.7 Å². The van der Waals surface area contributed by atoms with Crippen LogP contribution in [0.2, 0.25) is 0 Å². The van der Waals surface area contributed by atoms with E-state index in [4.69, 9.17) is 0 Å². The Hall–Kier alpha value is -1.35. The van der Waals surface area contributed by atoms with E-state index in [2.05, 4.69) is 20.5 Å². The maximum atomic E-state index is 12.1. The minimum atomic E-state index is -0.0287. The van der Waals surface area contributed by atoms with Gasteiger partial charge in [-0.3, -0.25) is 9.79 Å². The summed E-state index contributed by atoms with van der Waals surface area (Å²) in [7, 11) is 6.00. The number of benzene rings is 1. The highest BCUT2D eigenvalue weighted by atomic mass is 127. The number of hydrogen-bond acceptors (Lipinski definition) is 5. The van der Waals surface area contributed by atoms with E-state index in [0.717, 1.165) is 31.2 Å². The van der Waals surface area contributed by atoms with Crippen molar-refractivity contribution in [2.45, 2.75) is 6.54 Å². The Bertz CT molecular complexity index is 547. The summed E-state index contributed by atoms with van der Waals surface area (Å²) in [5, 5.41) is 6.24. The molecular weight excluding hydrogens is 405 g/mol. The fourth-order valence-electron chi connectivity index (χ4n) is 2.22. The summed E-state index contributed by atoms with van der Waals surface area (Å²) in [5.74, 6) is 0.889. The van der Waals surface area contributed by atoms with Crippen molar-refractivity contribution in [1.82, 2.24) is 20.4 Å². The molecule has 128 valence electrons. The van der Waals surface area contributed by atoms with Crippen LogP contribution in [0.4, 0.5) is 0 Å². The van der Waals surface area contributed by atoms with Crippen LogP contribution in [0.3, 0.4) is 0 Å². The lowest BCUT2D eigenvalue weighted by Gasteiger charge is -2.15. The zero-order chi connectivity index (χ0) is 15.9. The normalized spacial score (nSPS) is 13.6. The first kappa shape index (κ1) is 19.7. The number of aliphatic imine (C=N–C) groups is 1. The molecule has 23 heavy (non-hydrogen) atoms. The lowest BCUT2D eigenvalue weighted by molar-refractivity contribution is 0.0951. The molecule has 2 N–H and O–H groups in total. The SMILES string of the molecule is CN(C)CCNC(=O)c1cccc(CNC2=NCCN2C)c1.I. The third kappa shape index (κ3) is 6.34. The number of nitrogens with zero attached hydrogens (tertiary/aromatic N) is 3. The van der Waals surface area contributed by atoms with Gasteiger partial charge in [0.05, 0.1) is 6.54 Å². The summed E-state index contributed by atoms with van der Waals surface area (Å²) in [4.78, 5) is 20.6. The summed E-state index contributed by atoms with van der Waals surface area (Å²) in [6, 6.07) is 7.69. The van der Waals surface area contributed by atoms with Gasteiger partial charge in [0.15, 0.2) is 5.96 Å². The largest absolute Gasteiger partial charge is 0.352 e. The molecule has 0 atom stereocenters. The van der Waals surface area contributed by atoms with Gasteiger partial charge in [-0.2, -0.15) is 0 Å². The Morgan fingerprint density at radius 2 is 2.17 bits per heavy atom. The highest BCUT2D eigenvalue weighted by Crippen LogP contribution is 2.06. The van der Waals surface area contributed by atoms with E-state index < -0.39 is 0 Å². The summed E-state index contributed by atoms with van der Waals surface area (Å²) in [5.41, 5.74) is 1.77. The molecular formula is C16H26IN5O. The molecule has 2 rings (SSSR count). The monoisotopic (exact) mass is 431 g/mol. The molecule has 7 heteroatoms. The Morgan fingerprint density at radius 1 is 1.39 bits per heavy atom. The predicted molar refractivity (Wildman–Crippen MR) is 105 cm³/mol. The number of hydrogen-bond donors (Lipinski definition) is 2. The molecule has 1 amide bonds. The van der Waals surface area contributed by atoms with Crippen LogP contribution in [0, 0.1) is 0 Å². The van der Waals surface area contributed by atoms with Crippen molar-refractivity contribution < 1.29 is 4.79 Å². The van der Waals surface area contributed by atoms with Gasteiger partial charge in [0.2, 0.25) is 0 Å². The highest BCUT2D eigenvalue weighted by molar-refractivity contribution is 14.0. The van der Waals surface area contributed by atoms with E-state index >= 15 is 0 Å². The molecule has 1 aliphatic heterocycles. The average Bonchev–Trinajstić information content (AvgIpc) is 2.90. The Morgan fingerprint density at radius 3 is 2.83 bits per heavy atom. The second kappa shape index (κ2) is 9.71. The van der Waals surface area contributed by atoms with E-state index in [1.54, 1.807) is 0 Å². The first-order valence-corrected chi connectivity index (χ1v) is 7.57. The Kier molecular flexibility index (Phi) is 8.32. The van der Waals surface area contributed by atoms with Crippen molar-refractivity contribution in [2.75, 3.05) is 47.3 Å².